The second-order valence-corrected chi connectivity index (χ2v) is 6.10. The maximum absolute atomic E-state index is 12.4. The molecular weight excluding hydrogens is 324 g/mol. The van der Waals surface area contributed by atoms with E-state index in [1.807, 2.05) is 50.2 Å². The van der Waals surface area contributed by atoms with E-state index in [0.717, 1.165) is 22.5 Å². The number of halogens is 1. The summed E-state index contributed by atoms with van der Waals surface area (Å²) >= 11 is 6.16. The Kier molecular flexibility index (Phi) is 4.36. The number of aryl methyl sites for hydroxylation is 2. The fourth-order valence-electron chi connectivity index (χ4n) is 2.32. The van der Waals surface area contributed by atoms with Crippen LogP contribution in [0, 0.1) is 20.8 Å². The number of anilines is 1. The van der Waals surface area contributed by atoms with Crippen LogP contribution < -0.4 is 5.32 Å². The van der Waals surface area contributed by atoms with Crippen LogP contribution in [0.4, 0.5) is 5.69 Å². The van der Waals surface area contributed by atoms with Gasteiger partial charge >= 0.3 is 0 Å². The van der Waals surface area contributed by atoms with Gasteiger partial charge in [0.1, 0.15) is 0 Å². The second-order valence-electron chi connectivity index (χ2n) is 5.69. The van der Waals surface area contributed by atoms with Crippen molar-refractivity contribution in [1.29, 1.82) is 0 Å². The van der Waals surface area contributed by atoms with Crippen molar-refractivity contribution in [3.05, 3.63) is 70.0 Å². The highest BCUT2D eigenvalue weighted by Crippen LogP contribution is 2.21. The topological polar surface area (TPSA) is 59.8 Å². The molecule has 0 aliphatic heterocycles. The average Bonchev–Trinajstić information content (AvgIpc) is 2.94. The normalized spacial score (nSPS) is 10.7. The van der Waals surface area contributed by atoms with Crippen LogP contribution >= 0.6 is 11.6 Å². The van der Waals surface area contributed by atoms with Gasteiger partial charge in [-0.3, -0.25) is 4.79 Å². The molecular formula is C18H17ClN4O. The van der Waals surface area contributed by atoms with E-state index in [2.05, 4.69) is 15.6 Å². The number of hydrogen-bond acceptors (Lipinski definition) is 3. The zero-order valence-electron chi connectivity index (χ0n) is 13.7. The van der Waals surface area contributed by atoms with Gasteiger partial charge in [-0.2, -0.15) is 0 Å². The molecule has 0 radical (unpaired) electrons. The van der Waals surface area contributed by atoms with Crippen molar-refractivity contribution < 1.29 is 4.79 Å². The quantitative estimate of drug-likeness (QED) is 0.781. The number of aromatic nitrogens is 3. The first kappa shape index (κ1) is 16.2. The van der Waals surface area contributed by atoms with Crippen molar-refractivity contribution in [2.24, 2.45) is 0 Å². The van der Waals surface area contributed by atoms with E-state index in [0.29, 0.717) is 10.7 Å². The molecule has 2 aromatic carbocycles. The summed E-state index contributed by atoms with van der Waals surface area (Å²) in [6, 6.07) is 13.2. The molecule has 1 heterocycles. The third-order valence-electron chi connectivity index (χ3n) is 3.82. The van der Waals surface area contributed by atoms with Gasteiger partial charge < -0.3 is 5.32 Å². The minimum Gasteiger partial charge on any atom is -0.321 e. The first-order valence-corrected chi connectivity index (χ1v) is 7.90. The SMILES string of the molecule is Cc1ccc(NC(=O)c2nnn(-c3ccc(C)c(Cl)c3)c2C)cc1. The van der Waals surface area contributed by atoms with Crippen molar-refractivity contribution in [1.82, 2.24) is 15.0 Å². The Morgan fingerprint density at radius 1 is 1.08 bits per heavy atom. The van der Waals surface area contributed by atoms with Gasteiger partial charge in [0.15, 0.2) is 5.69 Å². The van der Waals surface area contributed by atoms with Gasteiger partial charge in [-0.25, -0.2) is 4.68 Å². The highest BCUT2D eigenvalue weighted by atomic mass is 35.5. The van der Waals surface area contributed by atoms with Crippen LogP contribution in [0.15, 0.2) is 42.5 Å². The molecule has 122 valence electrons. The second kappa shape index (κ2) is 6.45. The van der Waals surface area contributed by atoms with Crippen molar-refractivity contribution in [3.63, 3.8) is 0 Å². The predicted molar refractivity (Wildman–Crippen MR) is 95.0 cm³/mol. The van der Waals surface area contributed by atoms with E-state index in [1.54, 1.807) is 17.7 Å². The van der Waals surface area contributed by atoms with Crippen LogP contribution in [-0.4, -0.2) is 20.9 Å². The molecule has 0 aliphatic rings. The number of hydrogen-bond donors (Lipinski definition) is 1. The van der Waals surface area contributed by atoms with Gasteiger partial charge in [0.05, 0.1) is 11.4 Å². The minimum atomic E-state index is -0.291. The molecule has 0 saturated carbocycles. The Balaban J connectivity index is 1.87. The summed E-state index contributed by atoms with van der Waals surface area (Å²) in [5.41, 5.74) is 4.54. The lowest BCUT2D eigenvalue weighted by Gasteiger charge is -2.06. The Bertz CT molecular complexity index is 900. The maximum Gasteiger partial charge on any atom is 0.278 e. The standard InChI is InChI=1S/C18H17ClN4O/c1-11-4-7-14(8-5-11)20-18(24)17-13(3)23(22-21-17)15-9-6-12(2)16(19)10-15/h4-10H,1-3H3,(H,20,24). The molecule has 0 aliphatic carbocycles. The fourth-order valence-corrected chi connectivity index (χ4v) is 2.50. The van der Waals surface area contributed by atoms with Crippen LogP contribution in [0.1, 0.15) is 27.3 Å². The molecule has 0 fully saturated rings. The number of nitrogens with zero attached hydrogens (tertiary/aromatic N) is 3. The molecule has 0 unspecified atom stereocenters. The molecule has 0 spiro atoms. The van der Waals surface area contributed by atoms with E-state index < -0.39 is 0 Å². The zero-order valence-corrected chi connectivity index (χ0v) is 14.4. The first-order chi connectivity index (χ1) is 11.5. The molecule has 1 aromatic heterocycles. The minimum absolute atomic E-state index is 0.285. The van der Waals surface area contributed by atoms with E-state index in [-0.39, 0.29) is 11.6 Å². The average molecular weight is 341 g/mol. The molecule has 5 nitrogen and oxygen atoms in total. The molecule has 24 heavy (non-hydrogen) atoms. The number of rotatable bonds is 3. The van der Waals surface area contributed by atoms with Crippen molar-refractivity contribution >= 4 is 23.2 Å². The third kappa shape index (κ3) is 3.16. The monoisotopic (exact) mass is 340 g/mol. The fraction of sp³-hybridized carbons (Fsp3) is 0.167. The lowest BCUT2D eigenvalue weighted by atomic mass is 10.2. The molecule has 6 heteroatoms. The number of benzene rings is 2. The number of carbonyl (C=O) groups is 1. The molecule has 0 bridgehead atoms. The van der Waals surface area contributed by atoms with Gasteiger partial charge in [0.2, 0.25) is 0 Å². The van der Waals surface area contributed by atoms with Crippen molar-refractivity contribution in [3.8, 4) is 5.69 Å². The van der Waals surface area contributed by atoms with E-state index >= 15 is 0 Å². The Morgan fingerprint density at radius 2 is 1.79 bits per heavy atom. The summed E-state index contributed by atoms with van der Waals surface area (Å²) in [7, 11) is 0. The number of amides is 1. The highest BCUT2D eigenvalue weighted by molar-refractivity contribution is 6.31. The molecule has 0 atom stereocenters. The summed E-state index contributed by atoms with van der Waals surface area (Å²) in [6.45, 7) is 5.73. The predicted octanol–water partition coefficient (Wildman–Crippen LogP) is 4.10. The molecule has 1 N–H and O–H groups in total. The summed E-state index contributed by atoms with van der Waals surface area (Å²) in [5.74, 6) is -0.291. The Morgan fingerprint density at radius 3 is 2.46 bits per heavy atom. The van der Waals surface area contributed by atoms with Crippen molar-refractivity contribution in [2.45, 2.75) is 20.8 Å². The largest absolute Gasteiger partial charge is 0.321 e. The van der Waals surface area contributed by atoms with E-state index in [4.69, 9.17) is 11.6 Å². The van der Waals surface area contributed by atoms with Gasteiger partial charge in [0, 0.05) is 10.7 Å². The first-order valence-electron chi connectivity index (χ1n) is 7.52. The smallest absolute Gasteiger partial charge is 0.278 e. The molecule has 3 aromatic rings. The van der Waals surface area contributed by atoms with Gasteiger partial charge in [-0.1, -0.05) is 40.6 Å². The van der Waals surface area contributed by atoms with Crippen molar-refractivity contribution in [2.75, 3.05) is 5.32 Å². The van der Waals surface area contributed by atoms with E-state index in [9.17, 15) is 4.79 Å². The third-order valence-corrected chi connectivity index (χ3v) is 4.23. The van der Waals surface area contributed by atoms with Crippen LogP contribution in [0.5, 0.6) is 0 Å². The van der Waals surface area contributed by atoms with Crippen LogP contribution in [0.2, 0.25) is 5.02 Å². The lowest BCUT2D eigenvalue weighted by Crippen LogP contribution is -2.14. The van der Waals surface area contributed by atoms with Crippen LogP contribution in [0.25, 0.3) is 5.69 Å². The summed E-state index contributed by atoms with van der Waals surface area (Å²) in [5, 5.41) is 11.6. The van der Waals surface area contributed by atoms with Gasteiger partial charge in [-0.15, -0.1) is 5.10 Å². The number of carbonyl (C=O) groups excluding carboxylic acids is 1. The summed E-state index contributed by atoms with van der Waals surface area (Å²) < 4.78 is 1.61. The zero-order chi connectivity index (χ0) is 17.3. The number of nitrogens with one attached hydrogen (secondary N) is 1. The maximum atomic E-state index is 12.4. The highest BCUT2D eigenvalue weighted by Gasteiger charge is 2.17. The van der Waals surface area contributed by atoms with E-state index in [1.165, 1.54) is 0 Å². The summed E-state index contributed by atoms with van der Waals surface area (Å²) in [4.78, 5) is 12.4. The Hall–Kier alpha value is -2.66. The van der Waals surface area contributed by atoms with Crippen LogP contribution in [0.3, 0.4) is 0 Å². The lowest BCUT2D eigenvalue weighted by molar-refractivity contribution is 0.102. The molecule has 3 rings (SSSR count). The Labute approximate surface area is 145 Å². The van der Waals surface area contributed by atoms with Crippen LogP contribution in [-0.2, 0) is 0 Å². The molecule has 0 saturated heterocycles. The van der Waals surface area contributed by atoms with Gasteiger partial charge in [0.25, 0.3) is 5.91 Å². The summed E-state index contributed by atoms with van der Waals surface area (Å²) in [6.07, 6.45) is 0. The molecule has 1 amide bonds. The van der Waals surface area contributed by atoms with Gasteiger partial charge in [-0.05, 0) is 50.6 Å².